The van der Waals surface area contributed by atoms with Crippen molar-refractivity contribution in [3.63, 3.8) is 0 Å². The molecule has 0 radical (unpaired) electrons. The second-order valence-electron chi connectivity index (χ2n) is 5.95. The lowest BCUT2D eigenvalue weighted by atomic mass is 10.1. The molecular formula is C18H21N5O2. The molecule has 0 unspecified atom stereocenters. The van der Waals surface area contributed by atoms with E-state index in [0.717, 1.165) is 35.7 Å². The van der Waals surface area contributed by atoms with Crippen molar-refractivity contribution in [2.75, 3.05) is 27.2 Å². The highest BCUT2D eigenvalue weighted by atomic mass is 16.5. The van der Waals surface area contributed by atoms with Crippen molar-refractivity contribution < 1.29 is 9.26 Å². The minimum atomic E-state index is 0.530. The van der Waals surface area contributed by atoms with Crippen LogP contribution in [0.5, 0.6) is 5.75 Å². The van der Waals surface area contributed by atoms with Crippen LogP contribution >= 0.6 is 0 Å². The van der Waals surface area contributed by atoms with Gasteiger partial charge in [-0.05, 0) is 44.8 Å². The number of nitrogens with zero attached hydrogens (tertiary/aromatic N) is 5. The molecule has 0 atom stereocenters. The fourth-order valence-electron chi connectivity index (χ4n) is 2.31. The number of ether oxygens (including phenoxy) is 1. The Bertz CT molecular complexity index is 814. The van der Waals surface area contributed by atoms with Crippen molar-refractivity contribution in [1.29, 1.82) is 0 Å². The predicted molar refractivity (Wildman–Crippen MR) is 94.2 cm³/mol. The van der Waals surface area contributed by atoms with E-state index in [-0.39, 0.29) is 0 Å². The maximum Gasteiger partial charge on any atom is 0.223 e. The summed E-state index contributed by atoms with van der Waals surface area (Å²) in [6.07, 6.45) is 4.41. The minimum absolute atomic E-state index is 0.530. The lowest BCUT2D eigenvalue weighted by molar-refractivity contribution is 0.281. The summed E-state index contributed by atoms with van der Waals surface area (Å²) in [6.45, 7) is 3.43. The standard InChI is InChI=1S/C18H21N5O2/c1-13-21-18(22-25-13)14-7-8-19-17(11-14)16-6-5-15(12-20-16)24-10-4-9-23(2)3/h5-8,11-12H,4,9-10H2,1-3H3. The van der Waals surface area contributed by atoms with Crippen molar-refractivity contribution in [1.82, 2.24) is 25.0 Å². The second-order valence-corrected chi connectivity index (χ2v) is 5.95. The van der Waals surface area contributed by atoms with E-state index in [1.807, 2.05) is 38.4 Å². The van der Waals surface area contributed by atoms with E-state index in [2.05, 4.69) is 25.0 Å². The van der Waals surface area contributed by atoms with E-state index in [0.29, 0.717) is 18.3 Å². The summed E-state index contributed by atoms with van der Waals surface area (Å²) in [6, 6.07) is 7.54. The zero-order valence-electron chi connectivity index (χ0n) is 14.6. The second kappa shape index (κ2) is 7.85. The SMILES string of the molecule is Cc1nc(-c2ccnc(-c3ccc(OCCCN(C)C)cn3)c2)no1. The molecule has 3 aromatic heterocycles. The molecule has 0 aliphatic rings. The average Bonchev–Trinajstić information content (AvgIpc) is 3.06. The summed E-state index contributed by atoms with van der Waals surface area (Å²) in [5.74, 6) is 1.83. The van der Waals surface area contributed by atoms with Gasteiger partial charge in [-0.3, -0.25) is 9.97 Å². The molecule has 0 amide bonds. The zero-order valence-corrected chi connectivity index (χ0v) is 14.6. The quantitative estimate of drug-likeness (QED) is 0.613. The molecule has 0 N–H and O–H groups in total. The van der Waals surface area contributed by atoms with Crippen LogP contribution in [0.2, 0.25) is 0 Å². The van der Waals surface area contributed by atoms with Crippen molar-refractivity contribution in [3.05, 3.63) is 42.5 Å². The zero-order chi connectivity index (χ0) is 17.6. The molecular weight excluding hydrogens is 318 g/mol. The van der Waals surface area contributed by atoms with Crippen molar-refractivity contribution >= 4 is 0 Å². The highest BCUT2D eigenvalue weighted by Gasteiger charge is 2.09. The first-order chi connectivity index (χ1) is 12.1. The van der Waals surface area contributed by atoms with Crippen LogP contribution in [0, 0.1) is 6.92 Å². The van der Waals surface area contributed by atoms with Crippen LogP contribution < -0.4 is 4.74 Å². The predicted octanol–water partition coefficient (Wildman–Crippen LogP) is 2.83. The third-order valence-corrected chi connectivity index (χ3v) is 3.56. The summed E-state index contributed by atoms with van der Waals surface area (Å²) < 4.78 is 10.7. The third-order valence-electron chi connectivity index (χ3n) is 3.56. The first-order valence-electron chi connectivity index (χ1n) is 8.12. The third kappa shape index (κ3) is 4.60. The molecule has 0 spiro atoms. The van der Waals surface area contributed by atoms with E-state index in [9.17, 15) is 0 Å². The largest absolute Gasteiger partial charge is 0.492 e. The van der Waals surface area contributed by atoms with Gasteiger partial charge in [-0.25, -0.2) is 0 Å². The Morgan fingerprint density at radius 2 is 2.00 bits per heavy atom. The smallest absolute Gasteiger partial charge is 0.223 e. The summed E-state index contributed by atoms with van der Waals surface area (Å²) in [5, 5.41) is 3.93. The molecule has 3 rings (SSSR count). The van der Waals surface area contributed by atoms with Crippen LogP contribution in [0.25, 0.3) is 22.8 Å². The number of hydrogen-bond acceptors (Lipinski definition) is 7. The molecule has 7 nitrogen and oxygen atoms in total. The number of aromatic nitrogens is 4. The molecule has 0 fully saturated rings. The Morgan fingerprint density at radius 1 is 1.12 bits per heavy atom. The lowest BCUT2D eigenvalue weighted by Gasteiger charge is -2.10. The van der Waals surface area contributed by atoms with E-state index in [1.54, 1.807) is 19.3 Å². The van der Waals surface area contributed by atoms with Gasteiger partial charge in [0, 0.05) is 25.2 Å². The van der Waals surface area contributed by atoms with Gasteiger partial charge < -0.3 is 14.2 Å². The van der Waals surface area contributed by atoms with Crippen LogP contribution in [0.3, 0.4) is 0 Å². The molecule has 3 heterocycles. The summed E-state index contributed by atoms with van der Waals surface area (Å²) in [4.78, 5) is 15.2. The van der Waals surface area contributed by atoms with Crippen molar-refractivity contribution in [3.8, 4) is 28.5 Å². The molecule has 25 heavy (non-hydrogen) atoms. The van der Waals surface area contributed by atoms with E-state index in [1.165, 1.54) is 0 Å². The topological polar surface area (TPSA) is 77.2 Å². The summed E-state index contributed by atoms with van der Waals surface area (Å²) >= 11 is 0. The maximum absolute atomic E-state index is 5.70. The molecule has 3 aromatic rings. The number of hydrogen-bond donors (Lipinski definition) is 0. The Labute approximate surface area is 146 Å². The van der Waals surface area contributed by atoms with Gasteiger partial charge in [-0.2, -0.15) is 4.98 Å². The Morgan fingerprint density at radius 3 is 2.68 bits per heavy atom. The van der Waals surface area contributed by atoms with Gasteiger partial charge in [0.05, 0.1) is 24.2 Å². The minimum Gasteiger partial charge on any atom is -0.492 e. The van der Waals surface area contributed by atoms with Crippen molar-refractivity contribution in [2.24, 2.45) is 0 Å². The molecule has 0 bridgehead atoms. The summed E-state index contributed by atoms with van der Waals surface area (Å²) in [7, 11) is 4.10. The Kier molecular flexibility index (Phi) is 5.35. The molecule has 0 aliphatic carbocycles. The van der Waals surface area contributed by atoms with Gasteiger partial charge >= 0.3 is 0 Å². The van der Waals surface area contributed by atoms with Gasteiger partial charge in [0.1, 0.15) is 5.75 Å². The van der Waals surface area contributed by atoms with Gasteiger partial charge in [-0.15, -0.1) is 0 Å². The van der Waals surface area contributed by atoms with E-state index in [4.69, 9.17) is 9.26 Å². The average molecular weight is 339 g/mol. The normalized spacial score (nSPS) is 11.0. The van der Waals surface area contributed by atoms with Gasteiger partial charge in [0.15, 0.2) is 0 Å². The van der Waals surface area contributed by atoms with Crippen LogP contribution in [0.4, 0.5) is 0 Å². The highest BCUT2D eigenvalue weighted by Crippen LogP contribution is 2.22. The monoisotopic (exact) mass is 339 g/mol. The van der Waals surface area contributed by atoms with Crippen LogP contribution in [0.15, 0.2) is 41.2 Å². The van der Waals surface area contributed by atoms with Crippen LogP contribution in [-0.2, 0) is 0 Å². The number of pyridine rings is 2. The lowest BCUT2D eigenvalue weighted by Crippen LogP contribution is -2.15. The molecule has 0 saturated carbocycles. The first kappa shape index (κ1) is 17.0. The summed E-state index contributed by atoms with van der Waals surface area (Å²) in [5.41, 5.74) is 2.36. The number of aryl methyl sites for hydroxylation is 1. The van der Waals surface area contributed by atoms with Gasteiger partial charge in [-0.1, -0.05) is 5.16 Å². The maximum atomic E-state index is 5.70. The highest BCUT2D eigenvalue weighted by molar-refractivity contribution is 5.64. The van der Waals surface area contributed by atoms with E-state index >= 15 is 0 Å². The van der Waals surface area contributed by atoms with Crippen molar-refractivity contribution in [2.45, 2.75) is 13.3 Å². The molecule has 0 aromatic carbocycles. The van der Waals surface area contributed by atoms with Crippen LogP contribution in [-0.4, -0.2) is 52.3 Å². The molecule has 0 aliphatic heterocycles. The van der Waals surface area contributed by atoms with Gasteiger partial charge in [0.2, 0.25) is 11.7 Å². The Hall–Kier alpha value is -2.80. The van der Waals surface area contributed by atoms with Crippen LogP contribution in [0.1, 0.15) is 12.3 Å². The fraction of sp³-hybridized carbons (Fsp3) is 0.333. The molecule has 0 saturated heterocycles. The first-order valence-corrected chi connectivity index (χ1v) is 8.12. The molecule has 130 valence electrons. The number of rotatable bonds is 7. The molecule has 7 heteroatoms. The Balaban J connectivity index is 1.68. The van der Waals surface area contributed by atoms with E-state index < -0.39 is 0 Å². The van der Waals surface area contributed by atoms with Gasteiger partial charge in [0.25, 0.3) is 0 Å². The fourth-order valence-corrected chi connectivity index (χ4v) is 2.31.